The van der Waals surface area contributed by atoms with Crippen molar-refractivity contribution in [2.75, 3.05) is 37.5 Å². The van der Waals surface area contributed by atoms with Crippen molar-refractivity contribution in [2.24, 2.45) is 0 Å². The van der Waals surface area contributed by atoms with Crippen molar-refractivity contribution in [2.45, 2.75) is 18.4 Å². The highest BCUT2D eigenvalue weighted by Gasteiger charge is 2.33. The molecule has 0 atom stereocenters. The van der Waals surface area contributed by atoms with Gasteiger partial charge in [0.15, 0.2) is 0 Å². The lowest BCUT2D eigenvalue weighted by atomic mass is 9.92. The monoisotopic (exact) mass is 340 g/mol. The lowest BCUT2D eigenvalue weighted by molar-refractivity contribution is 0.0442. The summed E-state index contributed by atoms with van der Waals surface area (Å²) in [4.78, 5) is 14.5. The van der Waals surface area contributed by atoms with Gasteiger partial charge in [-0.15, -0.1) is 0 Å². The van der Waals surface area contributed by atoms with Gasteiger partial charge in [-0.25, -0.2) is 0 Å². The molecule has 0 radical (unpaired) electrons. The average Bonchev–Trinajstić information content (AvgIpc) is 2.48. The number of alkyl halides is 1. The second-order valence-corrected chi connectivity index (χ2v) is 5.99. The minimum Gasteiger partial charge on any atom is -0.381 e. The Labute approximate surface area is 128 Å². The van der Waals surface area contributed by atoms with Crippen LogP contribution in [0.25, 0.3) is 0 Å². The number of hydrogen-bond acceptors (Lipinski definition) is 3. The molecule has 5 heteroatoms. The number of carbonyl (C=O) groups is 1. The minimum absolute atomic E-state index is 0.0185. The van der Waals surface area contributed by atoms with Crippen LogP contribution in [0.5, 0.6) is 0 Å². The Hall–Kier alpha value is -1.07. The van der Waals surface area contributed by atoms with Gasteiger partial charge in [-0.05, 0) is 31.0 Å². The molecule has 1 saturated heterocycles. The first-order valence-corrected chi connectivity index (χ1v) is 7.92. The van der Waals surface area contributed by atoms with Crippen LogP contribution in [0.3, 0.4) is 0 Å². The molecule has 1 heterocycles. The Kier molecular flexibility index (Phi) is 5.05. The lowest BCUT2D eigenvalue weighted by Crippen LogP contribution is -2.53. The van der Waals surface area contributed by atoms with Crippen LogP contribution in [0.2, 0.25) is 0 Å². The fourth-order valence-electron chi connectivity index (χ4n) is 2.29. The average molecular weight is 341 g/mol. The highest BCUT2D eigenvalue weighted by Crippen LogP contribution is 2.24. The standard InChI is InChI=1S/C15H21BrN2O2/c1-18(2)13-5-3-4-12(10-13)14(19)17-15(11-16)6-8-20-9-7-15/h3-5,10H,6-9,11H2,1-2H3,(H,17,19). The molecule has 4 nitrogen and oxygen atoms in total. The van der Waals surface area contributed by atoms with Crippen LogP contribution in [-0.2, 0) is 4.74 Å². The number of halogens is 1. The van der Waals surface area contributed by atoms with Gasteiger partial charge in [0.1, 0.15) is 0 Å². The minimum atomic E-state index is -0.191. The summed E-state index contributed by atoms with van der Waals surface area (Å²) in [5.41, 5.74) is 1.53. The molecule has 1 fully saturated rings. The molecule has 0 unspecified atom stereocenters. The van der Waals surface area contributed by atoms with Crippen LogP contribution in [0.4, 0.5) is 5.69 Å². The Bertz CT molecular complexity index is 471. The molecule has 1 aromatic rings. The number of ether oxygens (including phenoxy) is 1. The van der Waals surface area contributed by atoms with Gasteiger partial charge >= 0.3 is 0 Å². The number of rotatable bonds is 4. The number of hydrogen-bond donors (Lipinski definition) is 1. The Morgan fingerprint density at radius 2 is 2.10 bits per heavy atom. The normalized spacial score (nSPS) is 17.6. The van der Waals surface area contributed by atoms with Gasteiger partial charge in [0, 0.05) is 43.9 Å². The van der Waals surface area contributed by atoms with Gasteiger partial charge in [0.2, 0.25) is 0 Å². The van der Waals surface area contributed by atoms with E-state index in [0.29, 0.717) is 18.8 Å². The lowest BCUT2D eigenvalue weighted by Gasteiger charge is -2.36. The van der Waals surface area contributed by atoms with E-state index in [9.17, 15) is 4.79 Å². The smallest absolute Gasteiger partial charge is 0.251 e. The maximum absolute atomic E-state index is 12.5. The quantitative estimate of drug-likeness (QED) is 0.856. The molecule has 0 bridgehead atoms. The number of benzene rings is 1. The zero-order valence-electron chi connectivity index (χ0n) is 12.0. The molecule has 1 N–H and O–H groups in total. The molecule has 2 rings (SSSR count). The van der Waals surface area contributed by atoms with Crippen LogP contribution in [0.15, 0.2) is 24.3 Å². The van der Waals surface area contributed by atoms with Crippen LogP contribution < -0.4 is 10.2 Å². The second kappa shape index (κ2) is 6.59. The Morgan fingerprint density at radius 3 is 2.70 bits per heavy atom. The van der Waals surface area contributed by atoms with Crippen LogP contribution >= 0.6 is 15.9 Å². The molecule has 1 amide bonds. The molecule has 110 valence electrons. The number of nitrogens with one attached hydrogen (secondary N) is 1. The molecular formula is C15H21BrN2O2. The molecule has 0 spiro atoms. The number of carbonyl (C=O) groups excluding carboxylic acids is 1. The van der Waals surface area contributed by atoms with Gasteiger partial charge in [-0.2, -0.15) is 0 Å². The zero-order chi connectivity index (χ0) is 14.6. The predicted molar refractivity (Wildman–Crippen MR) is 84.8 cm³/mol. The van der Waals surface area contributed by atoms with Gasteiger partial charge < -0.3 is 15.0 Å². The fourth-order valence-corrected chi connectivity index (χ4v) is 2.99. The number of nitrogens with zero attached hydrogens (tertiary/aromatic N) is 1. The first kappa shape index (κ1) is 15.3. The molecule has 20 heavy (non-hydrogen) atoms. The largest absolute Gasteiger partial charge is 0.381 e. The van der Waals surface area contributed by atoms with Gasteiger partial charge in [-0.1, -0.05) is 22.0 Å². The number of amides is 1. The topological polar surface area (TPSA) is 41.6 Å². The highest BCUT2D eigenvalue weighted by atomic mass is 79.9. The van der Waals surface area contributed by atoms with E-state index in [-0.39, 0.29) is 11.4 Å². The Balaban J connectivity index is 2.12. The summed E-state index contributed by atoms with van der Waals surface area (Å²) in [7, 11) is 3.94. The van der Waals surface area contributed by atoms with E-state index in [0.717, 1.165) is 23.9 Å². The third-order valence-corrected chi connectivity index (χ3v) is 4.78. The summed E-state index contributed by atoms with van der Waals surface area (Å²) in [6.45, 7) is 1.40. The third kappa shape index (κ3) is 3.52. The van der Waals surface area contributed by atoms with E-state index in [1.165, 1.54) is 0 Å². The maximum atomic E-state index is 12.5. The molecule has 0 aliphatic carbocycles. The SMILES string of the molecule is CN(C)c1cccc(C(=O)NC2(CBr)CCOCC2)c1. The Morgan fingerprint density at radius 1 is 1.40 bits per heavy atom. The third-order valence-electron chi connectivity index (χ3n) is 3.71. The van der Waals surface area contributed by atoms with Crippen LogP contribution in [-0.4, -0.2) is 44.1 Å². The van der Waals surface area contributed by atoms with Crippen molar-refractivity contribution in [1.82, 2.24) is 5.32 Å². The van der Waals surface area contributed by atoms with Gasteiger partial charge in [0.05, 0.1) is 5.54 Å². The molecule has 1 aliphatic rings. The summed E-state index contributed by atoms with van der Waals surface area (Å²) in [6, 6.07) is 7.67. The van der Waals surface area contributed by atoms with Crippen LogP contribution in [0, 0.1) is 0 Å². The van der Waals surface area contributed by atoms with Crippen molar-refractivity contribution in [3.05, 3.63) is 29.8 Å². The van der Waals surface area contributed by atoms with Crippen molar-refractivity contribution >= 4 is 27.5 Å². The summed E-state index contributed by atoms with van der Waals surface area (Å²) in [5, 5.41) is 3.93. The van der Waals surface area contributed by atoms with E-state index in [1.807, 2.05) is 43.3 Å². The van der Waals surface area contributed by atoms with Crippen molar-refractivity contribution < 1.29 is 9.53 Å². The summed E-state index contributed by atoms with van der Waals surface area (Å²) >= 11 is 3.53. The molecule has 0 saturated carbocycles. The molecule has 0 aromatic heterocycles. The van der Waals surface area contributed by atoms with Crippen LogP contribution in [0.1, 0.15) is 23.2 Å². The van der Waals surface area contributed by atoms with E-state index in [1.54, 1.807) is 0 Å². The zero-order valence-corrected chi connectivity index (χ0v) is 13.6. The van der Waals surface area contributed by atoms with Gasteiger partial charge in [0.25, 0.3) is 5.91 Å². The first-order valence-electron chi connectivity index (χ1n) is 6.80. The highest BCUT2D eigenvalue weighted by molar-refractivity contribution is 9.09. The van der Waals surface area contributed by atoms with Crippen molar-refractivity contribution in [3.63, 3.8) is 0 Å². The van der Waals surface area contributed by atoms with Crippen molar-refractivity contribution in [3.8, 4) is 0 Å². The summed E-state index contributed by atoms with van der Waals surface area (Å²) in [6.07, 6.45) is 1.69. The van der Waals surface area contributed by atoms with E-state index in [4.69, 9.17) is 4.74 Å². The fraction of sp³-hybridized carbons (Fsp3) is 0.533. The van der Waals surface area contributed by atoms with Gasteiger partial charge in [-0.3, -0.25) is 4.79 Å². The second-order valence-electron chi connectivity index (χ2n) is 5.43. The summed E-state index contributed by atoms with van der Waals surface area (Å²) in [5.74, 6) is -0.0185. The molecular weight excluding hydrogens is 320 g/mol. The van der Waals surface area contributed by atoms with E-state index < -0.39 is 0 Å². The first-order chi connectivity index (χ1) is 9.56. The predicted octanol–water partition coefficient (Wildman–Crippen LogP) is 2.43. The van der Waals surface area contributed by atoms with E-state index >= 15 is 0 Å². The van der Waals surface area contributed by atoms with Crippen molar-refractivity contribution in [1.29, 1.82) is 0 Å². The molecule has 1 aliphatic heterocycles. The summed E-state index contributed by atoms with van der Waals surface area (Å²) < 4.78 is 5.39. The van der Waals surface area contributed by atoms with E-state index in [2.05, 4.69) is 21.2 Å². The maximum Gasteiger partial charge on any atom is 0.251 e. The molecule has 1 aromatic carbocycles. The number of anilines is 1.